The van der Waals surface area contributed by atoms with Gasteiger partial charge in [-0.15, -0.1) is 0 Å². The number of nitrogens with one attached hydrogen (secondary N) is 2. The minimum Gasteiger partial charge on any atom is -0.403 e. The molecule has 24 heavy (non-hydrogen) atoms. The summed E-state index contributed by atoms with van der Waals surface area (Å²) in [5, 5.41) is 5.60. The van der Waals surface area contributed by atoms with E-state index in [2.05, 4.69) is 25.6 Å². The number of aryl methyl sites for hydroxylation is 1. The molecule has 0 saturated carbocycles. The molecule has 0 aliphatic rings. The molecule has 0 aliphatic carbocycles. The molecule has 0 saturated heterocycles. The summed E-state index contributed by atoms with van der Waals surface area (Å²) in [5.74, 6) is 0.294. The highest BCUT2D eigenvalue weighted by molar-refractivity contribution is 5.94. The zero-order valence-corrected chi connectivity index (χ0v) is 13.9. The molecule has 0 aliphatic heterocycles. The van der Waals surface area contributed by atoms with E-state index in [9.17, 15) is 4.79 Å². The third-order valence-corrected chi connectivity index (χ3v) is 3.32. The van der Waals surface area contributed by atoms with Gasteiger partial charge in [0.15, 0.2) is 0 Å². The SMILES string of the molecule is CN=C/C(=C\N)Nc1ncc(C)c(-c2ccc(C(=O)NC)cc2)n1. The van der Waals surface area contributed by atoms with Gasteiger partial charge in [0.05, 0.1) is 11.4 Å². The largest absolute Gasteiger partial charge is 0.403 e. The molecule has 0 radical (unpaired) electrons. The summed E-state index contributed by atoms with van der Waals surface area (Å²) in [4.78, 5) is 24.3. The minimum absolute atomic E-state index is 0.125. The van der Waals surface area contributed by atoms with Crippen LogP contribution in [0.25, 0.3) is 11.3 Å². The number of carbonyl (C=O) groups excluding carboxylic acids is 1. The van der Waals surface area contributed by atoms with Crippen molar-refractivity contribution < 1.29 is 4.79 Å². The van der Waals surface area contributed by atoms with Gasteiger partial charge in [-0.2, -0.15) is 0 Å². The molecular formula is C17H20N6O. The van der Waals surface area contributed by atoms with Gasteiger partial charge in [0.1, 0.15) is 0 Å². The lowest BCUT2D eigenvalue weighted by Crippen LogP contribution is -2.17. The molecule has 124 valence electrons. The highest BCUT2D eigenvalue weighted by Crippen LogP contribution is 2.22. The Morgan fingerprint density at radius 2 is 2.00 bits per heavy atom. The second kappa shape index (κ2) is 7.87. The summed E-state index contributed by atoms with van der Waals surface area (Å²) in [6.45, 7) is 1.93. The van der Waals surface area contributed by atoms with Gasteiger partial charge in [0.2, 0.25) is 5.95 Å². The van der Waals surface area contributed by atoms with Gasteiger partial charge in [-0.25, -0.2) is 9.97 Å². The second-order valence-corrected chi connectivity index (χ2v) is 5.02. The number of nitrogens with zero attached hydrogens (tertiary/aromatic N) is 3. The van der Waals surface area contributed by atoms with Crippen molar-refractivity contribution in [2.75, 3.05) is 19.4 Å². The van der Waals surface area contributed by atoms with Crippen LogP contribution in [0.5, 0.6) is 0 Å². The number of benzene rings is 1. The maximum Gasteiger partial charge on any atom is 0.251 e. The Hall–Kier alpha value is -3.22. The maximum atomic E-state index is 11.6. The van der Waals surface area contributed by atoms with E-state index in [0.717, 1.165) is 16.8 Å². The van der Waals surface area contributed by atoms with Crippen molar-refractivity contribution in [3.05, 3.63) is 53.5 Å². The van der Waals surface area contributed by atoms with Gasteiger partial charge in [-0.05, 0) is 24.6 Å². The van der Waals surface area contributed by atoms with E-state index in [1.54, 1.807) is 38.6 Å². The first kappa shape index (κ1) is 17.1. The van der Waals surface area contributed by atoms with Crippen molar-refractivity contribution >= 4 is 18.1 Å². The molecule has 1 aromatic carbocycles. The van der Waals surface area contributed by atoms with Crippen LogP contribution in [0.15, 0.2) is 47.4 Å². The third kappa shape index (κ3) is 3.95. The molecule has 0 bridgehead atoms. The van der Waals surface area contributed by atoms with E-state index >= 15 is 0 Å². The van der Waals surface area contributed by atoms with E-state index in [1.807, 2.05) is 19.1 Å². The maximum absolute atomic E-state index is 11.6. The van der Waals surface area contributed by atoms with Crippen LogP contribution in [0.4, 0.5) is 5.95 Å². The van der Waals surface area contributed by atoms with Crippen molar-refractivity contribution in [1.82, 2.24) is 15.3 Å². The average molecular weight is 324 g/mol. The number of aromatic nitrogens is 2. The molecule has 0 atom stereocenters. The topological polar surface area (TPSA) is 105 Å². The van der Waals surface area contributed by atoms with Gasteiger partial charge >= 0.3 is 0 Å². The molecule has 0 spiro atoms. The Bertz CT molecular complexity index is 780. The van der Waals surface area contributed by atoms with Crippen molar-refractivity contribution in [2.45, 2.75) is 6.92 Å². The fourth-order valence-electron chi connectivity index (χ4n) is 2.10. The molecule has 4 N–H and O–H groups in total. The number of amides is 1. The van der Waals surface area contributed by atoms with Gasteiger partial charge in [0, 0.05) is 43.8 Å². The van der Waals surface area contributed by atoms with Crippen LogP contribution in [0.2, 0.25) is 0 Å². The first-order valence-electron chi connectivity index (χ1n) is 7.36. The second-order valence-electron chi connectivity index (χ2n) is 5.02. The van der Waals surface area contributed by atoms with Crippen LogP contribution in [-0.4, -0.2) is 36.2 Å². The molecule has 2 rings (SSSR count). The lowest BCUT2D eigenvalue weighted by molar-refractivity contribution is 0.0963. The van der Waals surface area contributed by atoms with Crippen LogP contribution < -0.4 is 16.4 Å². The highest BCUT2D eigenvalue weighted by atomic mass is 16.1. The van der Waals surface area contributed by atoms with Gasteiger partial charge < -0.3 is 16.4 Å². The van der Waals surface area contributed by atoms with Crippen molar-refractivity contribution in [3.63, 3.8) is 0 Å². The van der Waals surface area contributed by atoms with Crippen LogP contribution >= 0.6 is 0 Å². The molecule has 7 nitrogen and oxygen atoms in total. The number of anilines is 1. The Labute approximate surface area is 140 Å². The van der Waals surface area contributed by atoms with E-state index in [4.69, 9.17) is 5.73 Å². The van der Waals surface area contributed by atoms with Crippen molar-refractivity contribution in [2.24, 2.45) is 10.7 Å². The normalized spacial score (nSPS) is 11.5. The van der Waals surface area contributed by atoms with Crippen LogP contribution in [0, 0.1) is 6.92 Å². The van der Waals surface area contributed by atoms with E-state index in [0.29, 0.717) is 17.2 Å². The Morgan fingerprint density at radius 1 is 1.29 bits per heavy atom. The van der Waals surface area contributed by atoms with E-state index in [-0.39, 0.29) is 5.91 Å². The molecule has 1 amide bonds. The predicted molar refractivity (Wildman–Crippen MR) is 95.9 cm³/mol. The van der Waals surface area contributed by atoms with Crippen LogP contribution in [0.3, 0.4) is 0 Å². The number of aliphatic imine (C=N–C) groups is 1. The molecule has 0 fully saturated rings. The summed E-state index contributed by atoms with van der Waals surface area (Å²) in [6.07, 6.45) is 4.71. The summed E-state index contributed by atoms with van der Waals surface area (Å²) >= 11 is 0. The number of carbonyl (C=O) groups is 1. The minimum atomic E-state index is -0.125. The van der Waals surface area contributed by atoms with Crippen molar-refractivity contribution in [1.29, 1.82) is 0 Å². The Kier molecular flexibility index (Phi) is 5.62. The van der Waals surface area contributed by atoms with E-state index < -0.39 is 0 Å². The summed E-state index contributed by atoms with van der Waals surface area (Å²) in [5.41, 5.74) is 9.33. The van der Waals surface area contributed by atoms with Gasteiger partial charge in [-0.1, -0.05) is 12.1 Å². The Morgan fingerprint density at radius 3 is 2.58 bits per heavy atom. The average Bonchev–Trinajstić information content (AvgIpc) is 2.62. The fraction of sp³-hybridized carbons (Fsp3) is 0.176. The number of nitrogens with two attached hydrogens (primary N) is 1. The zero-order valence-electron chi connectivity index (χ0n) is 13.9. The number of hydrogen-bond donors (Lipinski definition) is 3. The number of allylic oxidation sites excluding steroid dienone is 1. The predicted octanol–water partition coefficient (Wildman–Crippen LogP) is 1.72. The smallest absolute Gasteiger partial charge is 0.251 e. The first-order valence-corrected chi connectivity index (χ1v) is 7.36. The number of hydrogen-bond acceptors (Lipinski definition) is 6. The van der Waals surface area contributed by atoms with Crippen LogP contribution in [0.1, 0.15) is 15.9 Å². The standard InChI is InChI=1S/C17H20N6O/c1-11-9-21-17(22-14(8-18)10-19-2)23-15(11)12-4-6-13(7-5-12)16(24)20-3/h4-10H,18H2,1-3H3,(H,20,24)(H,21,22,23)/b14-8+,19-10?. The quantitative estimate of drug-likeness (QED) is 0.726. The lowest BCUT2D eigenvalue weighted by Gasteiger charge is -2.10. The summed E-state index contributed by atoms with van der Waals surface area (Å²) in [6, 6.07) is 7.24. The zero-order chi connectivity index (χ0) is 17.5. The monoisotopic (exact) mass is 324 g/mol. The molecular weight excluding hydrogens is 304 g/mol. The van der Waals surface area contributed by atoms with Crippen molar-refractivity contribution in [3.8, 4) is 11.3 Å². The molecule has 1 heterocycles. The third-order valence-electron chi connectivity index (χ3n) is 3.32. The van der Waals surface area contributed by atoms with Gasteiger partial charge in [-0.3, -0.25) is 9.79 Å². The molecule has 1 aromatic heterocycles. The first-order chi connectivity index (χ1) is 11.6. The number of rotatable bonds is 5. The molecule has 7 heteroatoms. The fourth-order valence-corrected chi connectivity index (χ4v) is 2.10. The Balaban J connectivity index is 2.33. The lowest BCUT2D eigenvalue weighted by atomic mass is 10.1. The summed E-state index contributed by atoms with van der Waals surface area (Å²) < 4.78 is 0. The van der Waals surface area contributed by atoms with E-state index in [1.165, 1.54) is 6.20 Å². The van der Waals surface area contributed by atoms with Gasteiger partial charge in [0.25, 0.3) is 5.91 Å². The van der Waals surface area contributed by atoms with Crippen LogP contribution in [-0.2, 0) is 0 Å². The summed E-state index contributed by atoms with van der Waals surface area (Å²) in [7, 11) is 3.26. The molecule has 0 unspecified atom stereocenters. The molecule has 2 aromatic rings. The highest BCUT2D eigenvalue weighted by Gasteiger charge is 2.09.